The zero-order chi connectivity index (χ0) is 16.2. The van der Waals surface area contributed by atoms with Crippen molar-refractivity contribution in [3.05, 3.63) is 35.4 Å². The maximum Gasteiger partial charge on any atom is 0.317 e. The SMILES string of the molecule is O=C(NCC1CC12CCc1ccccc12)N1CCC2(CCOC2)C1. The molecular weight excluding hydrogens is 300 g/mol. The summed E-state index contributed by atoms with van der Waals surface area (Å²) in [5.41, 5.74) is 3.69. The lowest BCUT2D eigenvalue weighted by atomic mass is 9.87. The Hall–Kier alpha value is -1.55. The van der Waals surface area contributed by atoms with E-state index in [1.807, 2.05) is 4.90 Å². The van der Waals surface area contributed by atoms with E-state index in [2.05, 4.69) is 29.6 Å². The number of nitrogens with one attached hydrogen (secondary N) is 1. The van der Waals surface area contributed by atoms with Gasteiger partial charge < -0.3 is 15.0 Å². The highest BCUT2D eigenvalue weighted by atomic mass is 16.5. The van der Waals surface area contributed by atoms with Crippen LogP contribution in [0.1, 0.15) is 36.8 Å². The van der Waals surface area contributed by atoms with E-state index in [0.717, 1.165) is 45.7 Å². The molecule has 2 amide bonds. The lowest BCUT2D eigenvalue weighted by molar-refractivity contribution is 0.152. The molecular formula is C20H26N2O2. The number of urea groups is 1. The van der Waals surface area contributed by atoms with Crippen LogP contribution in [0.4, 0.5) is 4.79 Å². The highest BCUT2D eigenvalue weighted by molar-refractivity contribution is 5.74. The van der Waals surface area contributed by atoms with E-state index in [9.17, 15) is 4.79 Å². The molecule has 3 unspecified atom stereocenters. The predicted octanol–water partition coefficient (Wildman–Crippen LogP) is 2.71. The quantitative estimate of drug-likeness (QED) is 0.908. The fraction of sp³-hybridized carbons (Fsp3) is 0.650. The average Bonchev–Trinajstić information content (AvgIpc) is 2.98. The number of nitrogens with zero attached hydrogens (tertiary/aromatic N) is 1. The molecule has 3 fully saturated rings. The summed E-state index contributed by atoms with van der Waals surface area (Å²) in [6.07, 6.45) is 5.91. The molecule has 1 N–H and O–H groups in total. The number of hydrogen-bond donors (Lipinski definition) is 1. The lowest BCUT2D eigenvalue weighted by Crippen LogP contribution is -2.41. The van der Waals surface area contributed by atoms with Crippen LogP contribution in [0, 0.1) is 11.3 Å². The minimum Gasteiger partial charge on any atom is -0.381 e. The first-order valence-corrected chi connectivity index (χ1v) is 9.40. The molecule has 2 aliphatic carbocycles. The molecule has 4 heteroatoms. The topological polar surface area (TPSA) is 41.6 Å². The van der Waals surface area contributed by atoms with Gasteiger partial charge in [0.2, 0.25) is 0 Å². The van der Waals surface area contributed by atoms with Crippen LogP contribution in [0.25, 0.3) is 0 Å². The molecule has 24 heavy (non-hydrogen) atoms. The van der Waals surface area contributed by atoms with Gasteiger partial charge in [0.15, 0.2) is 0 Å². The van der Waals surface area contributed by atoms with Crippen LogP contribution in [0.3, 0.4) is 0 Å². The Bertz CT molecular complexity index is 667. The first-order chi connectivity index (χ1) is 11.7. The van der Waals surface area contributed by atoms with Gasteiger partial charge in [-0.3, -0.25) is 0 Å². The molecule has 2 aliphatic heterocycles. The van der Waals surface area contributed by atoms with Crippen molar-refractivity contribution in [2.75, 3.05) is 32.8 Å². The molecule has 5 rings (SSSR count). The maximum absolute atomic E-state index is 12.5. The minimum absolute atomic E-state index is 0.132. The van der Waals surface area contributed by atoms with Crippen LogP contribution in [0.5, 0.6) is 0 Å². The molecule has 4 aliphatic rings. The number of benzene rings is 1. The normalized spacial score (nSPS) is 36.5. The number of likely N-dealkylation sites (tertiary alicyclic amines) is 1. The third-order valence-electron chi connectivity index (χ3n) is 7.04. The Morgan fingerprint density at radius 2 is 2.21 bits per heavy atom. The summed E-state index contributed by atoms with van der Waals surface area (Å²) in [6, 6.07) is 9.01. The van der Waals surface area contributed by atoms with Crippen LogP contribution in [0.2, 0.25) is 0 Å². The molecule has 3 atom stereocenters. The van der Waals surface area contributed by atoms with E-state index >= 15 is 0 Å². The van der Waals surface area contributed by atoms with Crippen LogP contribution < -0.4 is 5.32 Å². The van der Waals surface area contributed by atoms with Gasteiger partial charge in [0, 0.05) is 37.1 Å². The molecule has 2 saturated heterocycles. The second kappa shape index (κ2) is 5.22. The van der Waals surface area contributed by atoms with Crippen molar-refractivity contribution in [2.45, 2.75) is 37.5 Å². The molecule has 0 radical (unpaired) electrons. The van der Waals surface area contributed by atoms with Gasteiger partial charge in [-0.2, -0.15) is 0 Å². The molecule has 2 spiro atoms. The average molecular weight is 326 g/mol. The predicted molar refractivity (Wildman–Crippen MR) is 92.0 cm³/mol. The molecule has 4 nitrogen and oxygen atoms in total. The van der Waals surface area contributed by atoms with E-state index in [-0.39, 0.29) is 11.4 Å². The molecule has 0 aromatic heterocycles. The molecule has 1 aromatic rings. The third-order valence-corrected chi connectivity index (χ3v) is 7.04. The fourth-order valence-electron chi connectivity index (χ4n) is 5.40. The Kier molecular flexibility index (Phi) is 3.21. The van der Waals surface area contributed by atoms with Gasteiger partial charge >= 0.3 is 6.03 Å². The van der Waals surface area contributed by atoms with Crippen molar-refractivity contribution < 1.29 is 9.53 Å². The zero-order valence-electron chi connectivity index (χ0n) is 14.2. The number of carbonyl (C=O) groups is 1. The fourth-order valence-corrected chi connectivity index (χ4v) is 5.40. The van der Waals surface area contributed by atoms with Crippen LogP contribution in [-0.2, 0) is 16.6 Å². The van der Waals surface area contributed by atoms with Gasteiger partial charge in [0.1, 0.15) is 0 Å². The Labute approximate surface area is 143 Å². The van der Waals surface area contributed by atoms with Crippen molar-refractivity contribution in [2.24, 2.45) is 11.3 Å². The van der Waals surface area contributed by atoms with Crippen molar-refractivity contribution in [1.82, 2.24) is 10.2 Å². The highest BCUT2D eigenvalue weighted by Gasteiger charge is 2.57. The summed E-state index contributed by atoms with van der Waals surface area (Å²) in [7, 11) is 0. The third kappa shape index (κ3) is 2.19. The molecule has 1 aromatic carbocycles. The van der Waals surface area contributed by atoms with Gasteiger partial charge in [0.05, 0.1) is 6.61 Å². The minimum atomic E-state index is 0.132. The second-order valence-corrected chi connectivity index (χ2v) is 8.37. The number of rotatable bonds is 2. The Morgan fingerprint density at radius 3 is 3.08 bits per heavy atom. The Balaban J connectivity index is 1.18. The number of aryl methyl sites for hydroxylation is 1. The Morgan fingerprint density at radius 1 is 1.29 bits per heavy atom. The largest absolute Gasteiger partial charge is 0.381 e. The van der Waals surface area contributed by atoms with Gasteiger partial charge in [-0.1, -0.05) is 24.3 Å². The molecule has 128 valence electrons. The van der Waals surface area contributed by atoms with Crippen LogP contribution in [-0.4, -0.2) is 43.8 Å². The van der Waals surface area contributed by atoms with E-state index in [1.165, 1.54) is 24.8 Å². The van der Waals surface area contributed by atoms with Crippen molar-refractivity contribution in [3.63, 3.8) is 0 Å². The second-order valence-electron chi connectivity index (χ2n) is 8.37. The summed E-state index contributed by atoms with van der Waals surface area (Å²) in [5.74, 6) is 0.622. The number of amides is 2. The molecule has 2 heterocycles. The maximum atomic E-state index is 12.5. The molecule has 1 saturated carbocycles. The highest BCUT2D eigenvalue weighted by Crippen LogP contribution is 2.61. The van der Waals surface area contributed by atoms with E-state index in [0.29, 0.717) is 11.3 Å². The van der Waals surface area contributed by atoms with Crippen LogP contribution >= 0.6 is 0 Å². The van der Waals surface area contributed by atoms with Crippen molar-refractivity contribution in [1.29, 1.82) is 0 Å². The summed E-state index contributed by atoms with van der Waals surface area (Å²) in [6.45, 7) is 4.28. The summed E-state index contributed by atoms with van der Waals surface area (Å²) >= 11 is 0. The summed E-state index contributed by atoms with van der Waals surface area (Å²) in [5, 5.41) is 3.22. The first-order valence-electron chi connectivity index (χ1n) is 9.40. The summed E-state index contributed by atoms with van der Waals surface area (Å²) in [4.78, 5) is 14.5. The van der Waals surface area contributed by atoms with Crippen molar-refractivity contribution >= 4 is 6.03 Å². The van der Waals surface area contributed by atoms with Gasteiger partial charge in [0.25, 0.3) is 0 Å². The summed E-state index contributed by atoms with van der Waals surface area (Å²) < 4.78 is 5.56. The standard InChI is InChI=1S/C20H26N2O2/c23-18(22-9-7-19(13-22)8-10-24-14-19)21-12-16-11-20(16)6-5-15-3-1-2-4-17(15)20/h1-4,16H,5-14H2,(H,21,23). The smallest absolute Gasteiger partial charge is 0.317 e. The van der Waals surface area contributed by atoms with Gasteiger partial charge in [-0.25, -0.2) is 4.79 Å². The van der Waals surface area contributed by atoms with Gasteiger partial charge in [-0.05, 0) is 49.1 Å². The molecule has 0 bridgehead atoms. The number of fused-ring (bicyclic) bond motifs is 2. The monoisotopic (exact) mass is 326 g/mol. The number of carbonyl (C=O) groups excluding carboxylic acids is 1. The number of ether oxygens (including phenoxy) is 1. The van der Waals surface area contributed by atoms with E-state index in [1.54, 1.807) is 5.56 Å². The lowest BCUT2D eigenvalue weighted by Gasteiger charge is -2.22. The first kappa shape index (κ1) is 14.8. The van der Waals surface area contributed by atoms with E-state index < -0.39 is 0 Å². The van der Waals surface area contributed by atoms with Gasteiger partial charge in [-0.15, -0.1) is 0 Å². The number of hydrogen-bond acceptors (Lipinski definition) is 2. The van der Waals surface area contributed by atoms with Crippen molar-refractivity contribution in [3.8, 4) is 0 Å². The zero-order valence-corrected chi connectivity index (χ0v) is 14.2. The van der Waals surface area contributed by atoms with E-state index in [4.69, 9.17) is 4.74 Å². The van der Waals surface area contributed by atoms with Crippen LogP contribution in [0.15, 0.2) is 24.3 Å².